The lowest BCUT2D eigenvalue weighted by molar-refractivity contribution is -0.0266. The Morgan fingerprint density at radius 3 is 2.68 bits per heavy atom. The first-order valence-electron chi connectivity index (χ1n) is 6.35. The van der Waals surface area contributed by atoms with Crippen molar-refractivity contribution in [1.29, 1.82) is 0 Å². The quantitative estimate of drug-likeness (QED) is 0.939. The summed E-state index contributed by atoms with van der Waals surface area (Å²) < 4.78 is 26.1. The van der Waals surface area contributed by atoms with Gasteiger partial charge in [-0.15, -0.1) is 0 Å². The molecule has 0 aliphatic carbocycles. The van der Waals surface area contributed by atoms with E-state index in [1.165, 1.54) is 4.90 Å². The van der Waals surface area contributed by atoms with E-state index in [4.69, 9.17) is 16.7 Å². The predicted octanol–water partition coefficient (Wildman–Crippen LogP) is 2.95. The summed E-state index contributed by atoms with van der Waals surface area (Å²) in [7, 11) is 0. The molecule has 0 spiro atoms. The van der Waals surface area contributed by atoms with Gasteiger partial charge in [0.25, 0.3) is 5.92 Å². The molecule has 0 bridgehead atoms. The van der Waals surface area contributed by atoms with Crippen molar-refractivity contribution in [1.82, 2.24) is 9.97 Å². The zero-order valence-corrected chi connectivity index (χ0v) is 11.9. The third kappa shape index (κ3) is 2.71. The maximum atomic E-state index is 13.1. The van der Waals surface area contributed by atoms with Crippen LogP contribution in [-0.4, -0.2) is 40.1 Å². The van der Waals surface area contributed by atoms with E-state index in [-0.39, 0.29) is 17.2 Å². The van der Waals surface area contributed by atoms with Crippen molar-refractivity contribution in [2.75, 3.05) is 18.0 Å². The number of alkyl halides is 2. The summed E-state index contributed by atoms with van der Waals surface area (Å²) in [4.78, 5) is 20.4. The van der Waals surface area contributed by atoms with Crippen molar-refractivity contribution in [2.24, 2.45) is 0 Å². The van der Waals surface area contributed by atoms with Gasteiger partial charge in [-0.1, -0.05) is 23.7 Å². The average molecular weight is 326 g/mol. The molecule has 22 heavy (non-hydrogen) atoms. The summed E-state index contributed by atoms with van der Waals surface area (Å²) in [5.74, 6) is -3.78. The van der Waals surface area contributed by atoms with Crippen LogP contribution in [0.4, 0.5) is 14.6 Å². The number of carboxylic acids is 1. The van der Waals surface area contributed by atoms with Crippen molar-refractivity contribution in [3.05, 3.63) is 41.2 Å². The number of rotatable bonds is 3. The Kier molecular flexibility index (Phi) is 3.44. The highest BCUT2D eigenvalue weighted by Crippen LogP contribution is 2.36. The third-order valence-corrected chi connectivity index (χ3v) is 3.45. The van der Waals surface area contributed by atoms with Crippen molar-refractivity contribution in [3.8, 4) is 11.3 Å². The normalized spacial score (nSPS) is 16.2. The van der Waals surface area contributed by atoms with Gasteiger partial charge in [0.2, 0.25) is 0 Å². The second-order valence-corrected chi connectivity index (χ2v) is 5.39. The van der Waals surface area contributed by atoms with Gasteiger partial charge >= 0.3 is 5.97 Å². The highest BCUT2D eigenvalue weighted by atomic mass is 35.5. The Balaban J connectivity index is 2.08. The minimum absolute atomic E-state index is 0.220. The standard InChI is InChI=1S/C14H10ClF2N3O2/c15-9-3-1-2-8(4-9)11-12(20-6-14(16,17)7-20)18-5-10(19-11)13(21)22/h1-5H,6-7H2,(H,21,22). The maximum Gasteiger partial charge on any atom is 0.356 e. The number of nitrogens with zero attached hydrogens (tertiary/aromatic N) is 3. The summed E-state index contributed by atoms with van der Waals surface area (Å²) >= 11 is 5.92. The molecule has 0 unspecified atom stereocenters. The van der Waals surface area contributed by atoms with Gasteiger partial charge in [0, 0.05) is 10.6 Å². The first-order chi connectivity index (χ1) is 10.4. The van der Waals surface area contributed by atoms with Crippen LogP contribution in [0, 0.1) is 0 Å². The van der Waals surface area contributed by atoms with E-state index in [0.717, 1.165) is 6.20 Å². The molecule has 2 aromatic rings. The van der Waals surface area contributed by atoms with Crippen LogP contribution in [0.3, 0.4) is 0 Å². The molecule has 114 valence electrons. The molecule has 0 saturated carbocycles. The number of hydrogen-bond donors (Lipinski definition) is 1. The third-order valence-electron chi connectivity index (χ3n) is 3.21. The van der Waals surface area contributed by atoms with Gasteiger partial charge in [-0.25, -0.2) is 23.5 Å². The topological polar surface area (TPSA) is 66.3 Å². The molecule has 1 saturated heterocycles. The summed E-state index contributed by atoms with van der Waals surface area (Å²) in [5.41, 5.74) is 0.484. The monoisotopic (exact) mass is 325 g/mol. The van der Waals surface area contributed by atoms with Crippen LogP contribution in [0.5, 0.6) is 0 Å². The molecule has 2 heterocycles. The van der Waals surface area contributed by atoms with E-state index in [1.807, 2.05) is 0 Å². The fourth-order valence-electron chi connectivity index (χ4n) is 2.21. The van der Waals surface area contributed by atoms with Crippen LogP contribution in [0.2, 0.25) is 5.02 Å². The molecule has 0 radical (unpaired) electrons. The number of carboxylic acid groups (broad SMARTS) is 1. The number of anilines is 1. The minimum atomic E-state index is -2.77. The number of carbonyl (C=O) groups is 1. The van der Waals surface area contributed by atoms with Gasteiger partial charge in [0.1, 0.15) is 5.69 Å². The molecule has 1 fully saturated rings. The number of benzene rings is 1. The van der Waals surface area contributed by atoms with Gasteiger partial charge in [0.15, 0.2) is 11.5 Å². The van der Waals surface area contributed by atoms with E-state index in [1.54, 1.807) is 24.3 Å². The second-order valence-electron chi connectivity index (χ2n) is 4.95. The van der Waals surface area contributed by atoms with Crippen molar-refractivity contribution < 1.29 is 18.7 Å². The lowest BCUT2D eigenvalue weighted by Gasteiger charge is -2.40. The molecule has 1 N–H and O–H groups in total. The fraction of sp³-hybridized carbons (Fsp3) is 0.214. The van der Waals surface area contributed by atoms with Gasteiger partial charge in [-0.2, -0.15) is 0 Å². The Morgan fingerprint density at radius 1 is 1.36 bits per heavy atom. The van der Waals surface area contributed by atoms with Gasteiger partial charge < -0.3 is 10.0 Å². The van der Waals surface area contributed by atoms with Crippen LogP contribution in [0.1, 0.15) is 10.5 Å². The Morgan fingerprint density at radius 2 is 2.09 bits per heavy atom. The summed E-state index contributed by atoms with van der Waals surface area (Å²) in [5, 5.41) is 9.46. The molecular weight excluding hydrogens is 316 g/mol. The molecular formula is C14H10ClF2N3O2. The van der Waals surface area contributed by atoms with Gasteiger partial charge in [-0.05, 0) is 12.1 Å². The number of hydrogen-bond acceptors (Lipinski definition) is 4. The molecule has 0 amide bonds. The van der Waals surface area contributed by atoms with E-state index >= 15 is 0 Å². The highest BCUT2D eigenvalue weighted by Gasteiger charge is 2.45. The minimum Gasteiger partial charge on any atom is -0.476 e. The summed E-state index contributed by atoms with van der Waals surface area (Å²) in [6.45, 7) is -0.941. The van der Waals surface area contributed by atoms with Gasteiger partial charge in [-0.3, -0.25) is 0 Å². The second kappa shape index (κ2) is 5.17. The van der Waals surface area contributed by atoms with Gasteiger partial charge in [0.05, 0.1) is 19.3 Å². The van der Waals surface area contributed by atoms with E-state index in [9.17, 15) is 13.6 Å². The zero-order valence-electron chi connectivity index (χ0n) is 11.1. The van der Waals surface area contributed by atoms with Crippen LogP contribution in [0.25, 0.3) is 11.3 Å². The van der Waals surface area contributed by atoms with Crippen LogP contribution in [0.15, 0.2) is 30.5 Å². The maximum absolute atomic E-state index is 13.1. The average Bonchev–Trinajstić information content (AvgIpc) is 2.44. The molecule has 3 rings (SSSR count). The lowest BCUT2D eigenvalue weighted by Crippen LogP contribution is -2.56. The Labute approximate surface area is 129 Å². The predicted molar refractivity (Wildman–Crippen MR) is 76.6 cm³/mol. The SMILES string of the molecule is O=C(O)c1cnc(N2CC(F)(F)C2)c(-c2cccc(Cl)c2)n1. The molecule has 1 aliphatic rings. The van der Waals surface area contributed by atoms with Crippen molar-refractivity contribution >= 4 is 23.4 Å². The van der Waals surface area contributed by atoms with Crippen molar-refractivity contribution in [2.45, 2.75) is 5.92 Å². The number of aromatic nitrogens is 2. The number of aromatic carboxylic acids is 1. The van der Waals surface area contributed by atoms with Crippen LogP contribution in [-0.2, 0) is 0 Å². The van der Waals surface area contributed by atoms with Crippen molar-refractivity contribution in [3.63, 3.8) is 0 Å². The van der Waals surface area contributed by atoms with Crippen LogP contribution < -0.4 is 4.90 Å². The van der Waals surface area contributed by atoms with E-state index in [0.29, 0.717) is 10.6 Å². The number of halogens is 3. The first-order valence-corrected chi connectivity index (χ1v) is 6.72. The zero-order chi connectivity index (χ0) is 15.9. The smallest absolute Gasteiger partial charge is 0.356 e. The first kappa shape index (κ1) is 14.6. The highest BCUT2D eigenvalue weighted by molar-refractivity contribution is 6.30. The Hall–Kier alpha value is -2.28. The Bertz CT molecular complexity index is 747. The summed E-state index contributed by atoms with van der Waals surface area (Å²) in [6.07, 6.45) is 1.06. The molecule has 8 heteroatoms. The van der Waals surface area contributed by atoms with E-state index in [2.05, 4.69) is 9.97 Å². The molecule has 0 atom stereocenters. The lowest BCUT2D eigenvalue weighted by atomic mass is 10.1. The molecule has 5 nitrogen and oxygen atoms in total. The fourth-order valence-corrected chi connectivity index (χ4v) is 2.40. The molecule has 1 aromatic carbocycles. The van der Waals surface area contributed by atoms with Crippen LogP contribution >= 0.6 is 11.6 Å². The molecule has 1 aliphatic heterocycles. The van der Waals surface area contributed by atoms with E-state index < -0.39 is 25.0 Å². The largest absolute Gasteiger partial charge is 0.476 e. The summed E-state index contributed by atoms with van der Waals surface area (Å²) in [6, 6.07) is 6.57. The molecule has 1 aromatic heterocycles.